The van der Waals surface area contributed by atoms with Crippen LogP contribution in [-0.4, -0.2) is 29.8 Å². The summed E-state index contributed by atoms with van der Waals surface area (Å²) in [4.78, 5) is 17.2. The largest absolute Gasteiger partial charge is 0.494 e. The molecule has 0 unspecified atom stereocenters. The highest BCUT2D eigenvalue weighted by atomic mass is 32.2. The normalized spacial score (nSPS) is 10.9. The first-order chi connectivity index (χ1) is 15.6. The number of H-pyrrole nitrogens is 1. The van der Waals surface area contributed by atoms with Gasteiger partial charge in [0.25, 0.3) is 0 Å². The van der Waals surface area contributed by atoms with Gasteiger partial charge in [0.05, 0.1) is 18.7 Å². The van der Waals surface area contributed by atoms with E-state index in [-0.39, 0.29) is 5.91 Å². The van der Waals surface area contributed by atoms with Gasteiger partial charge in [0, 0.05) is 28.1 Å². The zero-order valence-corrected chi connectivity index (χ0v) is 19.3. The van der Waals surface area contributed by atoms with Crippen molar-refractivity contribution in [2.24, 2.45) is 0 Å². The molecule has 32 heavy (non-hydrogen) atoms. The lowest BCUT2D eigenvalue weighted by Crippen LogP contribution is -2.27. The number of carbonyl (C=O) groups excluding carboxylic acids is 1. The third kappa shape index (κ3) is 5.35. The van der Waals surface area contributed by atoms with Gasteiger partial charge in [-0.3, -0.25) is 4.79 Å². The Morgan fingerprint density at radius 1 is 1.00 bits per heavy atom. The third-order valence-electron chi connectivity index (χ3n) is 5.27. The van der Waals surface area contributed by atoms with Crippen molar-refractivity contribution >= 4 is 28.6 Å². The second kappa shape index (κ2) is 10.4. The van der Waals surface area contributed by atoms with Gasteiger partial charge in [0.2, 0.25) is 5.91 Å². The summed E-state index contributed by atoms with van der Waals surface area (Å²) in [5, 5.41) is 4.26. The molecule has 4 aromatic rings. The lowest BCUT2D eigenvalue weighted by atomic mass is 10.1. The minimum atomic E-state index is 0.0347. The first kappa shape index (κ1) is 22.0. The minimum Gasteiger partial charge on any atom is -0.494 e. The highest BCUT2D eigenvalue weighted by Crippen LogP contribution is 2.37. The van der Waals surface area contributed by atoms with E-state index in [2.05, 4.69) is 59.7 Å². The number of aromatic nitrogens is 1. The summed E-state index contributed by atoms with van der Waals surface area (Å²) in [6, 6.07) is 24.7. The SMILES string of the molecule is CCOc1ccc(CC(=O)NCCSc2c(-c3ccc(C)cc3)[nH]c3ccccc23)cc1. The first-order valence-electron chi connectivity index (χ1n) is 10.9. The fourth-order valence-electron chi connectivity index (χ4n) is 3.65. The Bertz CT molecular complexity index is 1180. The van der Waals surface area contributed by atoms with E-state index in [4.69, 9.17) is 4.74 Å². The molecule has 0 aliphatic rings. The molecule has 4 nitrogen and oxygen atoms in total. The zero-order chi connectivity index (χ0) is 22.3. The summed E-state index contributed by atoms with van der Waals surface area (Å²) in [7, 11) is 0. The van der Waals surface area contributed by atoms with Crippen LogP contribution in [-0.2, 0) is 11.2 Å². The molecule has 0 aliphatic heterocycles. The number of nitrogens with one attached hydrogen (secondary N) is 2. The van der Waals surface area contributed by atoms with Crippen LogP contribution in [0.3, 0.4) is 0 Å². The lowest BCUT2D eigenvalue weighted by Gasteiger charge is -2.08. The molecule has 164 valence electrons. The van der Waals surface area contributed by atoms with Crippen molar-refractivity contribution in [1.82, 2.24) is 10.3 Å². The van der Waals surface area contributed by atoms with Gasteiger partial charge < -0.3 is 15.0 Å². The van der Waals surface area contributed by atoms with Crippen LogP contribution >= 0.6 is 11.8 Å². The number of thioether (sulfide) groups is 1. The Morgan fingerprint density at radius 2 is 1.75 bits per heavy atom. The van der Waals surface area contributed by atoms with Crippen molar-refractivity contribution in [3.8, 4) is 17.0 Å². The van der Waals surface area contributed by atoms with Gasteiger partial charge in [-0.15, -0.1) is 11.8 Å². The van der Waals surface area contributed by atoms with Gasteiger partial charge in [-0.25, -0.2) is 0 Å². The van der Waals surface area contributed by atoms with Crippen LogP contribution in [0.4, 0.5) is 0 Å². The Morgan fingerprint density at radius 3 is 2.50 bits per heavy atom. The molecule has 1 aromatic heterocycles. The maximum absolute atomic E-state index is 12.4. The summed E-state index contributed by atoms with van der Waals surface area (Å²) < 4.78 is 5.45. The van der Waals surface area contributed by atoms with Crippen LogP contribution in [0.25, 0.3) is 22.2 Å². The van der Waals surface area contributed by atoms with E-state index in [1.54, 1.807) is 11.8 Å². The highest BCUT2D eigenvalue weighted by Gasteiger charge is 2.13. The molecule has 4 rings (SSSR count). The second-order valence-corrected chi connectivity index (χ2v) is 8.80. The van der Waals surface area contributed by atoms with Crippen LogP contribution in [0.2, 0.25) is 0 Å². The highest BCUT2D eigenvalue weighted by molar-refractivity contribution is 7.99. The zero-order valence-electron chi connectivity index (χ0n) is 18.5. The number of ether oxygens (including phenoxy) is 1. The fraction of sp³-hybridized carbons (Fsp3) is 0.222. The summed E-state index contributed by atoms with van der Waals surface area (Å²) in [6.45, 7) is 5.31. The van der Waals surface area contributed by atoms with Crippen molar-refractivity contribution in [2.75, 3.05) is 18.9 Å². The van der Waals surface area contributed by atoms with Crippen molar-refractivity contribution in [1.29, 1.82) is 0 Å². The summed E-state index contributed by atoms with van der Waals surface area (Å²) in [5.41, 5.74) is 5.67. The van der Waals surface area contributed by atoms with E-state index in [1.165, 1.54) is 21.4 Å². The second-order valence-electron chi connectivity index (χ2n) is 7.69. The first-order valence-corrected chi connectivity index (χ1v) is 11.9. The van der Waals surface area contributed by atoms with Crippen LogP contribution in [0, 0.1) is 6.92 Å². The van der Waals surface area contributed by atoms with E-state index < -0.39 is 0 Å². The van der Waals surface area contributed by atoms with Gasteiger partial charge in [-0.2, -0.15) is 0 Å². The molecule has 0 saturated heterocycles. The Labute approximate surface area is 193 Å². The number of amides is 1. The monoisotopic (exact) mass is 444 g/mol. The molecule has 0 saturated carbocycles. The van der Waals surface area contributed by atoms with Crippen LogP contribution in [0.15, 0.2) is 77.7 Å². The molecule has 0 fully saturated rings. The van der Waals surface area contributed by atoms with E-state index in [0.717, 1.165) is 28.3 Å². The van der Waals surface area contributed by atoms with Gasteiger partial charge in [0.15, 0.2) is 0 Å². The number of rotatable bonds is 9. The van der Waals surface area contributed by atoms with Crippen molar-refractivity contribution < 1.29 is 9.53 Å². The summed E-state index contributed by atoms with van der Waals surface area (Å²) >= 11 is 1.78. The van der Waals surface area contributed by atoms with Crippen molar-refractivity contribution in [3.63, 3.8) is 0 Å². The van der Waals surface area contributed by atoms with Gasteiger partial charge >= 0.3 is 0 Å². The average molecular weight is 445 g/mol. The van der Waals surface area contributed by atoms with Crippen LogP contribution in [0.5, 0.6) is 5.75 Å². The average Bonchev–Trinajstić information content (AvgIpc) is 3.17. The molecule has 0 aliphatic carbocycles. The van der Waals surface area contributed by atoms with Gasteiger partial charge in [-0.1, -0.05) is 60.2 Å². The summed E-state index contributed by atoms with van der Waals surface area (Å²) in [5.74, 6) is 1.67. The third-order valence-corrected chi connectivity index (χ3v) is 6.39. The minimum absolute atomic E-state index is 0.0347. The van der Waals surface area contributed by atoms with E-state index in [1.807, 2.05) is 37.3 Å². The number of carbonyl (C=O) groups is 1. The molecule has 2 N–H and O–H groups in total. The fourth-order valence-corrected chi connectivity index (χ4v) is 4.71. The van der Waals surface area contributed by atoms with Crippen molar-refractivity contribution in [2.45, 2.75) is 25.2 Å². The van der Waals surface area contributed by atoms with Gasteiger partial charge in [-0.05, 0) is 43.2 Å². The number of hydrogen-bond acceptors (Lipinski definition) is 3. The molecular formula is C27H28N2O2S. The Hall–Kier alpha value is -3.18. The molecule has 1 amide bonds. The molecule has 0 bridgehead atoms. The maximum atomic E-state index is 12.4. The van der Waals surface area contributed by atoms with Gasteiger partial charge in [0.1, 0.15) is 5.75 Å². The molecule has 0 radical (unpaired) electrons. The Balaban J connectivity index is 1.37. The predicted octanol–water partition coefficient (Wildman–Crippen LogP) is 5.99. The number of fused-ring (bicyclic) bond motifs is 1. The van der Waals surface area contributed by atoms with E-state index >= 15 is 0 Å². The van der Waals surface area contributed by atoms with Crippen molar-refractivity contribution in [3.05, 3.63) is 83.9 Å². The van der Waals surface area contributed by atoms with Crippen LogP contribution in [0.1, 0.15) is 18.1 Å². The quantitative estimate of drug-likeness (QED) is 0.246. The number of aryl methyl sites for hydroxylation is 1. The van der Waals surface area contributed by atoms with E-state index in [0.29, 0.717) is 19.6 Å². The molecule has 0 atom stereocenters. The summed E-state index contributed by atoms with van der Waals surface area (Å²) in [6.07, 6.45) is 0.374. The maximum Gasteiger partial charge on any atom is 0.224 e. The number of aromatic amines is 1. The predicted molar refractivity (Wildman–Crippen MR) is 134 cm³/mol. The molecule has 5 heteroatoms. The number of benzene rings is 3. The molecule has 0 spiro atoms. The smallest absolute Gasteiger partial charge is 0.224 e. The molecule has 3 aromatic carbocycles. The molecular weight excluding hydrogens is 416 g/mol. The molecule has 1 heterocycles. The number of para-hydroxylation sites is 1. The Kier molecular flexibility index (Phi) is 7.17. The standard InChI is InChI=1S/C27H28N2O2S/c1-3-31-22-14-10-20(11-15-22)18-25(30)28-16-17-32-27-23-6-4-5-7-24(23)29-26(27)21-12-8-19(2)9-13-21/h4-15,29H,3,16-18H2,1-2H3,(H,28,30). The topological polar surface area (TPSA) is 54.1 Å². The lowest BCUT2D eigenvalue weighted by molar-refractivity contribution is -0.120. The van der Waals surface area contributed by atoms with E-state index in [9.17, 15) is 4.79 Å². The number of hydrogen-bond donors (Lipinski definition) is 2. The van der Waals surface area contributed by atoms with Crippen LogP contribution < -0.4 is 10.1 Å².